The van der Waals surface area contributed by atoms with E-state index in [9.17, 15) is 9.18 Å². The average molecular weight is 225 g/mol. The van der Waals surface area contributed by atoms with Crippen LogP contribution in [0.25, 0.3) is 0 Å². The summed E-state index contributed by atoms with van der Waals surface area (Å²) < 4.78 is 18.3. The van der Waals surface area contributed by atoms with Gasteiger partial charge in [0.1, 0.15) is 5.82 Å². The summed E-state index contributed by atoms with van der Waals surface area (Å²) >= 11 is 0. The second kappa shape index (κ2) is 5.61. The lowest BCUT2D eigenvalue weighted by atomic mass is 10.0. The molecule has 0 aliphatic carbocycles. The van der Waals surface area contributed by atoms with Gasteiger partial charge < -0.3 is 10.5 Å². The number of rotatable bonds is 4. The zero-order valence-corrected chi connectivity index (χ0v) is 9.50. The van der Waals surface area contributed by atoms with Gasteiger partial charge in [0.15, 0.2) is 0 Å². The Bertz CT molecular complexity index is 377. The molecule has 0 saturated heterocycles. The Hall–Kier alpha value is -1.42. The molecule has 88 valence electrons. The van der Waals surface area contributed by atoms with E-state index in [1.807, 2.05) is 0 Å². The standard InChI is InChI=1S/C12H16FNO2/c1-3-16-12(15)7-9-4-5-10(8(2)14)11(13)6-9/h4-6,8H,3,7,14H2,1-2H3. The number of halogens is 1. The minimum Gasteiger partial charge on any atom is -0.466 e. The molecular formula is C12H16FNO2. The Morgan fingerprint density at radius 1 is 1.56 bits per heavy atom. The van der Waals surface area contributed by atoms with Crippen LogP contribution in [-0.2, 0) is 16.0 Å². The number of hydrogen-bond donors (Lipinski definition) is 1. The predicted octanol–water partition coefficient (Wildman–Crippen LogP) is 1.95. The van der Waals surface area contributed by atoms with Crippen LogP contribution >= 0.6 is 0 Å². The third-order valence-corrected chi connectivity index (χ3v) is 2.21. The fourth-order valence-corrected chi connectivity index (χ4v) is 1.43. The van der Waals surface area contributed by atoms with Crippen LogP contribution in [-0.4, -0.2) is 12.6 Å². The highest BCUT2D eigenvalue weighted by atomic mass is 19.1. The fourth-order valence-electron chi connectivity index (χ4n) is 1.43. The van der Waals surface area contributed by atoms with Gasteiger partial charge in [-0.2, -0.15) is 0 Å². The molecule has 0 fully saturated rings. The molecule has 1 atom stereocenters. The van der Waals surface area contributed by atoms with Crippen molar-refractivity contribution in [2.24, 2.45) is 5.73 Å². The smallest absolute Gasteiger partial charge is 0.310 e. The molecule has 1 unspecified atom stereocenters. The van der Waals surface area contributed by atoms with Crippen molar-refractivity contribution in [2.45, 2.75) is 26.3 Å². The fraction of sp³-hybridized carbons (Fsp3) is 0.417. The zero-order chi connectivity index (χ0) is 12.1. The van der Waals surface area contributed by atoms with Gasteiger partial charge in [-0.1, -0.05) is 12.1 Å². The molecule has 0 bridgehead atoms. The molecule has 0 amide bonds. The Labute approximate surface area is 94.4 Å². The van der Waals surface area contributed by atoms with Crippen molar-refractivity contribution in [1.29, 1.82) is 0 Å². The summed E-state index contributed by atoms with van der Waals surface area (Å²) in [7, 11) is 0. The van der Waals surface area contributed by atoms with Crippen molar-refractivity contribution in [3.8, 4) is 0 Å². The van der Waals surface area contributed by atoms with Crippen molar-refractivity contribution in [3.05, 3.63) is 35.1 Å². The Kier molecular flexibility index (Phi) is 4.43. The third kappa shape index (κ3) is 3.31. The lowest BCUT2D eigenvalue weighted by Gasteiger charge is -2.08. The molecule has 0 aromatic heterocycles. The van der Waals surface area contributed by atoms with Crippen LogP contribution in [0, 0.1) is 5.82 Å². The minimum absolute atomic E-state index is 0.0873. The number of hydrogen-bond acceptors (Lipinski definition) is 3. The second-order valence-corrected chi connectivity index (χ2v) is 3.63. The normalized spacial score (nSPS) is 12.2. The van der Waals surface area contributed by atoms with Gasteiger partial charge in [0.25, 0.3) is 0 Å². The minimum atomic E-state index is -0.378. The molecular weight excluding hydrogens is 209 g/mol. The molecule has 0 saturated carbocycles. The average Bonchev–Trinajstić information content (AvgIpc) is 2.17. The van der Waals surface area contributed by atoms with Crippen LogP contribution in [0.3, 0.4) is 0 Å². The van der Waals surface area contributed by atoms with Crippen LogP contribution in [0.1, 0.15) is 31.0 Å². The quantitative estimate of drug-likeness (QED) is 0.797. The van der Waals surface area contributed by atoms with Gasteiger partial charge in [-0.3, -0.25) is 4.79 Å². The van der Waals surface area contributed by atoms with E-state index >= 15 is 0 Å². The summed E-state index contributed by atoms with van der Waals surface area (Å²) in [6.07, 6.45) is 0.0873. The summed E-state index contributed by atoms with van der Waals surface area (Å²) in [5.41, 5.74) is 6.63. The van der Waals surface area contributed by atoms with Crippen LogP contribution in [0.4, 0.5) is 4.39 Å². The van der Waals surface area contributed by atoms with Gasteiger partial charge in [0.05, 0.1) is 13.0 Å². The lowest BCUT2D eigenvalue weighted by molar-refractivity contribution is -0.142. The number of carbonyl (C=O) groups is 1. The molecule has 1 aromatic carbocycles. The number of nitrogens with two attached hydrogens (primary N) is 1. The van der Waals surface area contributed by atoms with Crippen molar-refractivity contribution >= 4 is 5.97 Å². The first-order valence-electron chi connectivity index (χ1n) is 5.24. The number of esters is 1. The van der Waals surface area contributed by atoms with E-state index in [0.717, 1.165) is 0 Å². The SMILES string of the molecule is CCOC(=O)Cc1ccc(C(C)N)c(F)c1. The van der Waals surface area contributed by atoms with E-state index in [2.05, 4.69) is 0 Å². The second-order valence-electron chi connectivity index (χ2n) is 3.63. The molecule has 1 aromatic rings. The number of carbonyl (C=O) groups excluding carboxylic acids is 1. The largest absolute Gasteiger partial charge is 0.466 e. The first kappa shape index (κ1) is 12.6. The first-order valence-corrected chi connectivity index (χ1v) is 5.24. The summed E-state index contributed by atoms with van der Waals surface area (Å²) in [5, 5.41) is 0. The van der Waals surface area contributed by atoms with Crippen molar-refractivity contribution < 1.29 is 13.9 Å². The third-order valence-electron chi connectivity index (χ3n) is 2.21. The van der Waals surface area contributed by atoms with Crippen LogP contribution in [0.15, 0.2) is 18.2 Å². The van der Waals surface area contributed by atoms with E-state index < -0.39 is 0 Å². The molecule has 0 spiro atoms. The maximum Gasteiger partial charge on any atom is 0.310 e. The molecule has 0 radical (unpaired) electrons. The Balaban J connectivity index is 2.77. The molecule has 3 nitrogen and oxygen atoms in total. The number of ether oxygens (including phenoxy) is 1. The van der Waals surface area contributed by atoms with Crippen LogP contribution in [0.2, 0.25) is 0 Å². The summed E-state index contributed by atoms with van der Waals surface area (Å²) in [4.78, 5) is 11.2. The topological polar surface area (TPSA) is 52.3 Å². The summed E-state index contributed by atoms with van der Waals surface area (Å²) in [5.74, 6) is -0.729. The van der Waals surface area contributed by atoms with Gasteiger partial charge in [0.2, 0.25) is 0 Å². The van der Waals surface area contributed by atoms with Crippen LogP contribution in [0.5, 0.6) is 0 Å². The lowest BCUT2D eigenvalue weighted by Crippen LogP contribution is -2.10. The first-order chi connectivity index (χ1) is 7.54. The summed E-state index contributed by atoms with van der Waals surface area (Å²) in [6.45, 7) is 3.78. The van der Waals surface area contributed by atoms with Gasteiger partial charge >= 0.3 is 5.97 Å². The van der Waals surface area contributed by atoms with Crippen molar-refractivity contribution in [2.75, 3.05) is 6.61 Å². The van der Waals surface area contributed by atoms with Gasteiger partial charge in [-0.05, 0) is 25.5 Å². The highest BCUT2D eigenvalue weighted by Crippen LogP contribution is 2.16. The molecule has 0 heterocycles. The summed E-state index contributed by atoms with van der Waals surface area (Å²) in [6, 6.07) is 4.28. The van der Waals surface area contributed by atoms with E-state index in [4.69, 9.17) is 10.5 Å². The number of benzene rings is 1. The highest BCUT2D eigenvalue weighted by molar-refractivity contribution is 5.72. The van der Waals surface area contributed by atoms with E-state index in [1.165, 1.54) is 6.07 Å². The molecule has 0 aliphatic rings. The maximum atomic E-state index is 13.5. The molecule has 1 rings (SSSR count). The zero-order valence-electron chi connectivity index (χ0n) is 9.50. The molecule has 0 aliphatic heterocycles. The molecule has 4 heteroatoms. The van der Waals surface area contributed by atoms with Crippen molar-refractivity contribution in [3.63, 3.8) is 0 Å². The van der Waals surface area contributed by atoms with Crippen molar-refractivity contribution in [1.82, 2.24) is 0 Å². The molecule has 16 heavy (non-hydrogen) atoms. The monoisotopic (exact) mass is 225 g/mol. The predicted molar refractivity (Wildman–Crippen MR) is 59.3 cm³/mol. The molecule has 2 N–H and O–H groups in total. The van der Waals surface area contributed by atoms with E-state index in [1.54, 1.807) is 26.0 Å². The Morgan fingerprint density at radius 3 is 2.75 bits per heavy atom. The van der Waals surface area contributed by atoms with Crippen LogP contribution < -0.4 is 5.73 Å². The van der Waals surface area contributed by atoms with E-state index in [-0.39, 0.29) is 24.2 Å². The maximum absolute atomic E-state index is 13.5. The van der Waals surface area contributed by atoms with Gasteiger partial charge in [-0.15, -0.1) is 0 Å². The highest BCUT2D eigenvalue weighted by Gasteiger charge is 2.10. The van der Waals surface area contributed by atoms with Gasteiger partial charge in [-0.25, -0.2) is 4.39 Å². The Morgan fingerprint density at radius 2 is 2.25 bits per heavy atom. The van der Waals surface area contributed by atoms with E-state index in [0.29, 0.717) is 17.7 Å². The van der Waals surface area contributed by atoms with Gasteiger partial charge in [0, 0.05) is 11.6 Å².